The summed E-state index contributed by atoms with van der Waals surface area (Å²) in [7, 11) is 0. The zero-order valence-electron chi connectivity index (χ0n) is 11.1. The highest BCUT2D eigenvalue weighted by molar-refractivity contribution is 5.81. The van der Waals surface area contributed by atoms with Gasteiger partial charge in [0.05, 0.1) is 6.04 Å². The Bertz CT molecular complexity index is 571. The van der Waals surface area contributed by atoms with Crippen LogP contribution in [0.5, 0.6) is 0 Å². The van der Waals surface area contributed by atoms with E-state index in [0.717, 1.165) is 10.5 Å². The van der Waals surface area contributed by atoms with Crippen molar-refractivity contribution in [3.8, 4) is 0 Å². The number of likely N-dealkylation sites (tertiary alicyclic amines) is 1. The average Bonchev–Trinajstić information content (AvgIpc) is 2.90. The molecule has 0 aromatic heterocycles. The van der Waals surface area contributed by atoms with Gasteiger partial charge in [0.2, 0.25) is 0 Å². The summed E-state index contributed by atoms with van der Waals surface area (Å²) in [5, 5.41) is 12.6. The average molecular weight is 290 g/mol. The summed E-state index contributed by atoms with van der Waals surface area (Å²) in [5.74, 6) is -1.14. The first kappa shape index (κ1) is 14.7. The van der Waals surface area contributed by atoms with Crippen molar-refractivity contribution in [2.24, 2.45) is 5.11 Å². The van der Waals surface area contributed by atoms with Gasteiger partial charge in [-0.25, -0.2) is 9.59 Å². The maximum absolute atomic E-state index is 12.0. The molecule has 2 atom stereocenters. The van der Waals surface area contributed by atoms with Crippen LogP contribution in [0.4, 0.5) is 4.79 Å². The normalized spacial score (nSPS) is 20.7. The standard InChI is InChI=1S/C13H14N4O4/c14-16-15-10-6-11(12(18)19)17(7-10)13(20)21-8-9-4-2-1-3-5-9/h1-5,10-11H,6-8H2,(H,18,19). The molecular weight excluding hydrogens is 276 g/mol. The maximum atomic E-state index is 12.0. The Kier molecular flexibility index (Phi) is 4.63. The lowest BCUT2D eigenvalue weighted by Crippen LogP contribution is -2.40. The molecule has 1 amide bonds. The van der Waals surface area contributed by atoms with Crippen LogP contribution in [0.2, 0.25) is 0 Å². The van der Waals surface area contributed by atoms with Gasteiger partial charge in [0.15, 0.2) is 0 Å². The zero-order chi connectivity index (χ0) is 15.2. The molecule has 1 saturated heterocycles. The highest BCUT2D eigenvalue weighted by Gasteiger charge is 2.40. The fourth-order valence-corrected chi connectivity index (χ4v) is 2.21. The summed E-state index contributed by atoms with van der Waals surface area (Å²) >= 11 is 0. The molecule has 1 aliphatic rings. The minimum absolute atomic E-state index is 0.0502. The molecule has 8 nitrogen and oxygen atoms in total. The number of azide groups is 1. The minimum atomic E-state index is -1.14. The van der Waals surface area contributed by atoms with Gasteiger partial charge >= 0.3 is 12.1 Å². The lowest BCUT2D eigenvalue weighted by atomic mass is 10.2. The van der Waals surface area contributed by atoms with E-state index in [1.807, 2.05) is 18.2 Å². The van der Waals surface area contributed by atoms with E-state index in [1.54, 1.807) is 12.1 Å². The van der Waals surface area contributed by atoms with Crippen LogP contribution in [0.15, 0.2) is 35.4 Å². The molecular formula is C13H14N4O4. The fraction of sp³-hybridized carbons (Fsp3) is 0.385. The number of hydrogen-bond donors (Lipinski definition) is 1. The highest BCUT2D eigenvalue weighted by atomic mass is 16.6. The molecule has 0 aliphatic carbocycles. The Balaban J connectivity index is 1.99. The first-order chi connectivity index (χ1) is 10.1. The Labute approximate surface area is 120 Å². The number of nitrogens with zero attached hydrogens (tertiary/aromatic N) is 4. The topological polar surface area (TPSA) is 116 Å². The van der Waals surface area contributed by atoms with Gasteiger partial charge in [0, 0.05) is 11.5 Å². The minimum Gasteiger partial charge on any atom is -0.480 e. The van der Waals surface area contributed by atoms with Gasteiger partial charge in [0.25, 0.3) is 0 Å². The van der Waals surface area contributed by atoms with E-state index < -0.39 is 24.1 Å². The monoisotopic (exact) mass is 290 g/mol. The van der Waals surface area contributed by atoms with E-state index in [-0.39, 0.29) is 19.6 Å². The molecule has 21 heavy (non-hydrogen) atoms. The lowest BCUT2D eigenvalue weighted by molar-refractivity contribution is -0.141. The Morgan fingerprint density at radius 3 is 2.76 bits per heavy atom. The van der Waals surface area contributed by atoms with Crippen LogP contribution < -0.4 is 0 Å². The van der Waals surface area contributed by atoms with Crippen LogP contribution in [-0.2, 0) is 16.1 Å². The van der Waals surface area contributed by atoms with E-state index in [9.17, 15) is 9.59 Å². The number of rotatable bonds is 4. The number of hydrogen-bond acceptors (Lipinski definition) is 4. The summed E-state index contributed by atoms with van der Waals surface area (Å²) in [6.45, 7) is 0.114. The van der Waals surface area contributed by atoms with Gasteiger partial charge in [-0.05, 0) is 17.5 Å². The molecule has 1 N–H and O–H groups in total. The molecule has 1 aromatic carbocycles. The van der Waals surface area contributed by atoms with Crippen molar-refractivity contribution in [2.75, 3.05) is 6.54 Å². The molecule has 0 spiro atoms. The van der Waals surface area contributed by atoms with Crippen LogP contribution in [0.25, 0.3) is 10.4 Å². The predicted octanol–water partition coefficient (Wildman–Crippen LogP) is 2.16. The molecule has 0 bridgehead atoms. The third-order valence-corrected chi connectivity index (χ3v) is 3.22. The van der Waals surface area contributed by atoms with Gasteiger partial charge in [-0.2, -0.15) is 0 Å². The zero-order valence-corrected chi connectivity index (χ0v) is 11.1. The van der Waals surface area contributed by atoms with Crippen molar-refractivity contribution in [3.05, 3.63) is 46.3 Å². The summed E-state index contributed by atoms with van der Waals surface area (Å²) in [6.07, 6.45) is -0.623. The van der Waals surface area contributed by atoms with Gasteiger partial charge < -0.3 is 9.84 Å². The van der Waals surface area contributed by atoms with E-state index in [4.69, 9.17) is 15.4 Å². The van der Waals surface area contributed by atoms with Crippen LogP contribution in [-0.4, -0.2) is 40.7 Å². The van der Waals surface area contributed by atoms with Crippen molar-refractivity contribution in [3.63, 3.8) is 0 Å². The largest absolute Gasteiger partial charge is 0.480 e. The first-order valence-electron chi connectivity index (χ1n) is 6.36. The molecule has 1 fully saturated rings. The third-order valence-electron chi connectivity index (χ3n) is 3.22. The SMILES string of the molecule is [N-]=[N+]=NC1CC(C(=O)O)N(C(=O)OCc2ccccc2)C1. The van der Waals surface area contributed by atoms with Gasteiger partial charge in [-0.15, -0.1) is 0 Å². The number of carbonyl (C=O) groups is 2. The third kappa shape index (κ3) is 3.64. The second kappa shape index (κ2) is 6.62. The lowest BCUT2D eigenvalue weighted by Gasteiger charge is -2.20. The van der Waals surface area contributed by atoms with E-state index >= 15 is 0 Å². The smallest absolute Gasteiger partial charge is 0.410 e. The van der Waals surface area contributed by atoms with Crippen molar-refractivity contribution >= 4 is 12.1 Å². The number of benzene rings is 1. The summed E-state index contributed by atoms with van der Waals surface area (Å²) in [5.41, 5.74) is 9.21. The molecule has 1 heterocycles. The number of carboxylic acid groups (broad SMARTS) is 1. The van der Waals surface area contributed by atoms with Gasteiger partial charge in [-0.1, -0.05) is 35.4 Å². The fourth-order valence-electron chi connectivity index (χ4n) is 2.21. The van der Waals surface area contributed by atoms with Crippen LogP contribution in [0.3, 0.4) is 0 Å². The van der Waals surface area contributed by atoms with Gasteiger partial charge in [-0.3, -0.25) is 4.90 Å². The van der Waals surface area contributed by atoms with Crippen LogP contribution >= 0.6 is 0 Å². The van der Waals surface area contributed by atoms with Crippen LogP contribution in [0.1, 0.15) is 12.0 Å². The number of aliphatic carboxylic acids is 1. The first-order valence-corrected chi connectivity index (χ1v) is 6.36. The summed E-state index contributed by atoms with van der Waals surface area (Å²) in [6, 6.07) is 7.51. The van der Waals surface area contributed by atoms with E-state index in [1.165, 1.54) is 0 Å². The molecule has 8 heteroatoms. The molecule has 1 aliphatic heterocycles. The number of carbonyl (C=O) groups excluding carboxylic acids is 1. The van der Waals surface area contributed by atoms with E-state index in [0.29, 0.717) is 0 Å². The Hall–Kier alpha value is -2.73. The second-order valence-electron chi connectivity index (χ2n) is 4.64. The number of carboxylic acids is 1. The summed E-state index contributed by atoms with van der Waals surface area (Å²) < 4.78 is 5.11. The van der Waals surface area contributed by atoms with Crippen molar-refractivity contribution in [2.45, 2.75) is 25.1 Å². The molecule has 0 saturated carbocycles. The van der Waals surface area contributed by atoms with E-state index in [2.05, 4.69) is 10.0 Å². The molecule has 1 aromatic rings. The Morgan fingerprint density at radius 1 is 1.43 bits per heavy atom. The molecule has 2 unspecified atom stereocenters. The Morgan fingerprint density at radius 2 is 2.14 bits per heavy atom. The number of ether oxygens (including phenoxy) is 1. The van der Waals surface area contributed by atoms with Crippen molar-refractivity contribution in [1.29, 1.82) is 0 Å². The van der Waals surface area contributed by atoms with Crippen molar-refractivity contribution < 1.29 is 19.4 Å². The molecule has 2 rings (SSSR count). The molecule has 110 valence electrons. The highest BCUT2D eigenvalue weighted by Crippen LogP contribution is 2.22. The van der Waals surface area contributed by atoms with Gasteiger partial charge in [0.1, 0.15) is 12.6 Å². The number of amides is 1. The van der Waals surface area contributed by atoms with Crippen LogP contribution in [0, 0.1) is 0 Å². The molecule has 0 radical (unpaired) electrons. The summed E-state index contributed by atoms with van der Waals surface area (Å²) in [4.78, 5) is 26.9. The predicted molar refractivity (Wildman–Crippen MR) is 72.3 cm³/mol. The maximum Gasteiger partial charge on any atom is 0.410 e. The second-order valence-corrected chi connectivity index (χ2v) is 4.64. The van der Waals surface area contributed by atoms with Crippen molar-refractivity contribution in [1.82, 2.24) is 4.90 Å². The quantitative estimate of drug-likeness (QED) is 0.519.